The summed E-state index contributed by atoms with van der Waals surface area (Å²) in [7, 11) is 1.69. The third kappa shape index (κ3) is 10.5. The zero-order valence-electron chi connectivity index (χ0n) is 31.5. The largest absolute Gasteiger partial charge is 0.444 e. The molecule has 0 unspecified atom stereocenters. The van der Waals surface area contributed by atoms with Crippen LogP contribution in [-0.2, 0) is 32.6 Å². The molecule has 13 heteroatoms. The van der Waals surface area contributed by atoms with E-state index in [4.69, 9.17) is 4.74 Å². The summed E-state index contributed by atoms with van der Waals surface area (Å²) in [4.78, 5) is 70.2. The number of hydrogen-bond donors (Lipinski definition) is 3. The molecule has 1 aliphatic carbocycles. The SMILES string of the molecule is CCC(=O)N[C@H](Cc1ccc(NC(=O)[C@@H](NC(=O)c2ccnn2C)C2CCCCC2)cc1)C(=O)N1CCN(C(=O)OC(C)(C)C)[C@H](c2ccccc2)C1. The minimum Gasteiger partial charge on any atom is -0.444 e. The molecule has 1 aromatic heterocycles. The first-order valence-corrected chi connectivity index (χ1v) is 18.6. The van der Waals surface area contributed by atoms with E-state index in [1.54, 1.807) is 48.2 Å². The van der Waals surface area contributed by atoms with Crippen LogP contribution in [-0.4, -0.2) is 86.6 Å². The highest BCUT2D eigenvalue weighted by Crippen LogP contribution is 2.29. The van der Waals surface area contributed by atoms with Crippen LogP contribution in [0.5, 0.6) is 0 Å². The summed E-state index contributed by atoms with van der Waals surface area (Å²) in [5.74, 6) is -1.12. The molecule has 1 aliphatic heterocycles. The Bertz CT molecular complexity index is 1730. The van der Waals surface area contributed by atoms with E-state index in [-0.39, 0.29) is 62.0 Å². The first-order valence-electron chi connectivity index (χ1n) is 18.6. The van der Waals surface area contributed by atoms with Crippen molar-refractivity contribution in [2.24, 2.45) is 13.0 Å². The van der Waals surface area contributed by atoms with Gasteiger partial charge >= 0.3 is 6.09 Å². The fourth-order valence-electron chi connectivity index (χ4n) is 7.06. The number of nitrogens with one attached hydrogen (secondary N) is 3. The Labute approximate surface area is 311 Å². The quantitative estimate of drug-likeness (QED) is 0.251. The lowest BCUT2D eigenvalue weighted by atomic mass is 9.83. The molecule has 3 aromatic rings. The molecule has 5 amide bonds. The van der Waals surface area contributed by atoms with Crippen LogP contribution in [0.15, 0.2) is 66.9 Å². The van der Waals surface area contributed by atoms with Crippen molar-refractivity contribution in [1.29, 1.82) is 0 Å². The van der Waals surface area contributed by atoms with Gasteiger partial charge < -0.3 is 25.6 Å². The highest BCUT2D eigenvalue weighted by molar-refractivity contribution is 6.00. The van der Waals surface area contributed by atoms with Crippen LogP contribution >= 0.6 is 0 Å². The molecule has 0 bridgehead atoms. The average Bonchev–Trinajstić information content (AvgIpc) is 3.59. The zero-order chi connectivity index (χ0) is 38.1. The summed E-state index contributed by atoms with van der Waals surface area (Å²) in [5.41, 5.74) is 1.93. The van der Waals surface area contributed by atoms with Crippen molar-refractivity contribution in [1.82, 2.24) is 30.2 Å². The van der Waals surface area contributed by atoms with Crippen LogP contribution in [0.25, 0.3) is 0 Å². The van der Waals surface area contributed by atoms with Crippen molar-refractivity contribution in [3.63, 3.8) is 0 Å². The van der Waals surface area contributed by atoms with Gasteiger partial charge in [0, 0.05) is 51.4 Å². The van der Waals surface area contributed by atoms with Gasteiger partial charge in [-0.15, -0.1) is 0 Å². The number of carbonyl (C=O) groups excluding carboxylic acids is 5. The van der Waals surface area contributed by atoms with Gasteiger partial charge in [0.2, 0.25) is 17.7 Å². The van der Waals surface area contributed by atoms with Crippen LogP contribution in [0.1, 0.15) is 93.9 Å². The zero-order valence-corrected chi connectivity index (χ0v) is 31.5. The first kappa shape index (κ1) is 39.0. The number of aromatic nitrogens is 2. The van der Waals surface area contributed by atoms with Gasteiger partial charge in [-0.2, -0.15) is 5.10 Å². The van der Waals surface area contributed by atoms with E-state index in [0.29, 0.717) is 11.4 Å². The topological polar surface area (TPSA) is 155 Å². The Morgan fingerprint density at radius 1 is 0.906 bits per heavy atom. The lowest BCUT2D eigenvalue weighted by molar-refractivity contribution is -0.139. The Hall–Kier alpha value is -5.20. The molecule has 0 radical (unpaired) electrons. The minimum absolute atomic E-state index is 0.0154. The lowest BCUT2D eigenvalue weighted by Crippen LogP contribution is -2.57. The number of aryl methyl sites for hydroxylation is 1. The number of piperazine rings is 1. The standard InChI is InChI=1S/C40H53N7O6/c1-6-34(48)43-31(38(51)46-23-24-47(39(52)53-40(2,3)4)33(26-46)28-13-9-7-10-14-28)25-27-17-19-30(20-18-27)42-37(50)35(29-15-11-8-12-16-29)44-36(49)32-21-22-41-45(32)5/h7,9-10,13-14,17-22,29,31,33,35H,6,8,11-12,15-16,23-26H2,1-5H3,(H,42,50)(H,43,48)(H,44,49)/t31-,33+,35+/m1/s1. The molecule has 3 N–H and O–H groups in total. The number of hydrogen-bond acceptors (Lipinski definition) is 7. The van der Waals surface area contributed by atoms with Crippen molar-refractivity contribution in [3.05, 3.63) is 83.7 Å². The summed E-state index contributed by atoms with van der Waals surface area (Å²) >= 11 is 0. The van der Waals surface area contributed by atoms with Crippen LogP contribution in [0.3, 0.4) is 0 Å². The van der Waals surface area contributed by atoms with Crippen molar-refractivity contribution in [3.8, 4) is 0 Å². The minimum atomic E-state index is -0.842. The molecule has 2 aliphatic rings. The molecule has 3 atom stereocenters. The molecule has 2 aromatic carbocycles. The van der Waals surface area contributed by atoms with Crippen molar-refractivity contribution < 1.29 is 28.7 Å². The second kappa shape index (κ2) is 17.5. The maximum atomic E-state index is 14.1. The van der Waals surface area contributed by atoms with E-state index in [9.17, 15) is 24.0 Å². The number of carbonyl (C=O) groups is 5. The van der Waals surface area contributed by atoms with Crippen molar-refractivity contribution >= 4 is 35.4 Å². The molecule has 13 nitrogen and oxygen atoms in total. The molecule has 0 spiro atoms. The molecule has 5 rings (SSSR count). The van der Waals surface area contributed by atoms with E-state index in [1.165, 1.54) is 4.68 Å². The average molecular weight is 728 g/mol. The molecule has 2 fully saturated rings. The van der Waals surface area contributed by atoms with Gasteiger partial charge in [0.15, 0.2) is 0 Å². The molecular weight excluding hydrogens is 674 g/mol. The highest BCUT2D eigenvalue weighted by atomic mass is 16.6. The maximum Gasteiger partial charge on any atom is 0.410 e. The van der Waals surface area contributed by atoms with Gasteiger partial charge in [0.25, 0.3) is 5.91 Å². The van der Waals surface area contributed by atoms with Crippen LogP contribution in [0, 0.1) is 5.92 Å². The summed E-state index contributed by atoms with van der Waals surface area (Å²) in [6, 6.07) is 16.4. The molecule has 2 heterocycles. The van der Waals surface area contributed by atoms with Crippen molar-refractivity contribution in [2.45, 2.75) is 96.4 Å². The summed E-state index contributed by atoms with van der Waals surface area (Å²) < 4.78 is 7.19. The van der Waals surface area contributed by atoms with Crippen molar-refractivity contribution in [2.75, 3.05) is 25.0 Å². The molecule has 53 heavy (non-hydrogen) atoms. The Kier molecular flexibility index (Phi) is 12.9. The summed E-state index contributed by atoms with van der Waals surface area (Å²) in [6.45, 7) is 8.00. The maximum absolute atomic E-state index is 14.1. The van der Waals surface area contributed by atoms with Crippen LogP contribution in [0.4, 0.5) is 10.5 Å². The van der Waals surface area contributed by atoms with Crippen LogP contribution < -0.4 is 16.0 Å². The predicted octanol–water partition coefficient (Wildman–Crippen LogP) is 5.00. The highest BCUT2D eigenvalue weighted by Gasteiger charge is 2.38. The Morgan fingerprint density at radius 3 is 2.23 bits per heavy atom. The third-order valence-corrected chi connectivity index (χ3v) is 9.86. The molecular formula is C40H53N7O6. The van der Waals surface area contributed by atoms with E-state index in [1.807, 2.05) is 63.2 Å². The number of benzene rings is 2. The monoisotopic (exact) mass is 727 g/mol. The van der Waals surface area contributed by atoms with Crippen LogP contribution in [0.2, 0.25) is 0 Å². The number of anilines is 1. The molecule has 284 valence electrons. The number of rotatable bonds is 11. The van der Waals surface area contributed by atoms with E-state index in [0.717, 1.165) is 43.2 Å². The van der Waals surface area contributed by atoms with Gasteiger partial charge in [-0.1, -0.05) is 68.7 Å². The van der Waals surface area contributed by atoms with Gasteiger partial charge in [-0.25, -0.2) is 4.79 Å². The van der Waals surface area contributed by atoms with E-state index in [2.05, 4.69) is 21.0 Å². The molecule has 1 saturated carbocycles. The fraction of sp³-hybridized carbons (Fsp3) is 0.500. The normalized spacial score (nSPS) is 17.7. The predicted molar refractivity (Wildman–Crippen MR) is 201 cm³/mol. The van der Waals surface area contributed by atoms with E-state index >= 15 is 0 Å². The van der Waals surface area contributed by atoms with Gasteiger partial charge in [-0.3, -0.25) is 28.8 Å². The smallest absolute Gasteiger partial charge is 0.410 e. The lowest BCUT2D eigenvalue weighted by Gasteiger charge is -2.42. The number of ether oxygens (including phenoxy) is 1. The van der Waals surface area contributed by atoms with E-state index < -0.39 is 29.8 Å². The fourth-order valence-corrected chi connectivity index (χ4v) is 7.06. The summed E-state index contributed by atoms with van der Waals surface area (Å²) in [6.07, 6.45) is 6.37. The number of amides is 5. The third-order valence-electron chi connectivity index (χ3n) is 9.86. The van der Waals surface area contributed by atoms with Gasteiger partial charge in [0.1, 0.15) is 23.4 Å². The molecule has 1 saturated heterocycles. The van der Waals surface area contributed by atoms with Gasteiger partial charge in [-0.05, 0) is 68.9 Å². The van der Waals surface area contributed by atoms with Gasteiger partial charge in [0.05, 0.1) is 6.04 Å². The first-order chi connectivity index (χ1) is 25.3. The Balaban J connectivity index is 1.28. The second-order valence-corrected chi connectivity index (χ2v) is 14.9. The summed E-state index contributed by atoms with van der Waals surface area (Å²) in [5, 5.41) is 12.9. The second-order valence-electron chi connectivity index (χ2n) is 14.9. The number of nitrogens with zero attached hydrogens (tertiary/aromatic N) is 4. The Morgan fingerprint density at radius 2 is 1.60 bits per heavy atom.